The lowest BCUT2D eigenvalue weighted by atomic mass is 9.94. The van der Waals surface area contributed by atoms with Crippen LogP contribution in [0.25, 0.3) is 0 Å². The van der Waals surface area contributed by atoms with Crippen LogP contribution in [0.4, 0.5) is 0 Å². The number of piperidine rings is 1. The number of nitrogens with one attached hydrogen (secondary N) is 2. The highest BCUT2D eigenvalue weighted by Crippen LogP contribution is 2.15. The highest BCUT2D eigenvalue weighted by Gasteiger charge is 2.29. The van der Waals surface area contributed by atoms with Crippen molar-refractivity contribution >= 4 is 29.7 Å². The number of hydrogen-bond acceptors (Lipinski definition) is 4. The molecule has 0 bridgehead atoms. The van der Waals surface area contributed by atoms with Crippen molar-refractivity contribution in [3.05, 3.63) is 22.4 Å². The average molecular weight is 291 g/mol. The first-order valence-electron chi connectivity index (χ1n) is 5.90. The van der Waals surface area contributed by atoms with Crippen LogP contribution < -0.4 is 10.6 Å². The zero-order chi connectivity index (χ0) is 12.1. The zero-order valence-corrected chi connectivity index (χ0v) is 11.8. The molecule has 1 aromatic rings. The zero-order valence-electron chi connectivity index (χ0n) is 10.1. The summed E-state index contributed by atoms with van der Waals surface area (Å²) in [6, 6.07) is 3.88. The van der Waals surface area contributed by atoms with Gasteiger partial charge in [-0.15, -0.1) is 23.7 Å². The summed E-state index contributed by atoms with van der Waals surface area (Å²) in [7, 11) is 0. The number of halogens is 1. The van der Waals surface area contributed by atoms with Crippen molar-refractivity contribution < 1.29 is 9.90 Å². The molecule has 1 aliphatic heterocycles. The summed E-state index contributed by atoms with van der Waals surface area (Å²) in [6.45, 7) is 1.85. The Kier molecular flexibility index (Phi) is 6.08. The predicted molar refractivity (Wildman–Crippen MR) is 75.3 cm³/mol. The van der Waals surface area contributed by atoms with E-state index in [1.54, 1.807) is 11.3 Å². The number of carbonyl (C=O) groups excluding carboxylic acids is 1. The van der Waals surface area contributed by atoms with Gasteiger partial charge >= 0.3 is 0 Å². The van der Waals surface area contributed by atoms with Crippen LogP contribution in [0.3, 0.4) is 0 Å². The molecular weight excluding hydrogens is 272 g/mol. The van der Waals surface area contributed by atoms with E-state index in [0.29, 0.717) is 19.5 Å². The molecule has 0 radical (unpaired) electrons. The minimum absolute atomic E-state index is 0. The summed E-state index contributed by atoms with van der Waals surface area (Å²) < 4.78 is 0. The monoisotopic (exact) mass is 290 g/mol. The minimum atomic E-state index is -0.774. The highest BCUT2D eigenvalue weighted by atomic mass is 35.5. The molecule has 0 spiro atoms. The van der Waals surface area contributed by atoms with Gasteiger partial charge in [-0.25, -0.2) is 0 Å². The lowest BCUT2D eigenvalue weighted by Crippen LogP contribution is -2.53. The van der Waals surface area contributed by atoms with Gasteiger partial charge in [0.05, 0.1) is 12.0 Å². The number of thiophene rings is 1. The molecule has 3 N–H and O–H groups in total. The quantitative estimate of drug-likeness (QED) is 0.773. The highest BCUT2D eigenvalue weighted by molar-refractivity contribution is 7.10. The number of hydrogen-bond donors (Lipinski definition) is 3. The van der Waals surface area contributed by atoms with Crippen molar-refractivity contribution in [1.82, 2.24) is 10.6 Å². The first kappa shape index (κ1) is 15.4. The Morgan fingerprint density at radius 2 is 2.44 bits per heavy atom. The number of β-amino-alcohol motifs (C(OH)–C–C–N with tert-alkyl or cyclic N) is 1. The fourth-order valence-corrected chi connectivity index (χ4v) is 2.70. The van der Waals surface area contributed by atoms with Gasteiger partial charge in [-0.3, -0.25) is 4.79 Å². The summed E-state index contributed by atoms with van der Waals surface area (Å²) >= 11 is 1.58. The van der Waals surface area contributed by atoms with Crippen LogP contribution in [-0.2, 0) is 11.2 Å². The van der Waals surface area contributed by atoms with Gasteiger partial charge < -0.3 is 15.7 Å². The van der Waals surface area contributed by atoms with Crippen molar-refractivity contribution in [2.24, 2.45) is 0 Å². The van der Waals surface area contributed by atoms with Crippen LogP contribution in [0.1, 0.15) is 17.7 Å². The van der Waals surface area contributed by atoms with Crippen molar-refractivity contribution in [3.8, 4) is 0 Å². The Balaban J connectivity index is 0.00000162. The predicted octanol–water partition coefficient (Wildman–Crippen LogP) is 0.943. The summed E-state index contributed by atoms with van der Waals surface area (Å²) in [5.41, 5.74) is -0.774. The average Bonchev–Trinajstić information content (AvgIpc) is 2.80. The Labute approximate surface area is 117 Å². The van der Waals surface area contributed by atoms with Crippen molar-refractivity contribution in [3.63, 3.8) is 0 Å². The summed E-state index contributed by atoms with van der Waals surface area (Å²) in [5.74, 6) is -0.0218. The molecule has 1 amide bonds. The molecule has 2 rings (SSSR count). The van der Waals surface area contributed by atoms with E-state index in [1.807, 2.05) is 17.5 Å². The standard InChI is InChI=1S/C12H18N2O2S.ClH/c15-11(7-10-3-1-6-17-10)14-9-12(16)4-2-5-13-8-12;/h1,3,6,13,16H,2,4-5,7-9H2,(H,14,15);1H. The van der Waals surface area contributed by atoms with Gasteiger partial charge in [0, 0.05) is 18.0 Å². The van der Waals surface area contributed by atoms with Gasteiger partial charge in [0.15, 0.2) is 0 Å². The maximum atomic E-state index is 11.7. The third-order valence-electron chi connectivity index (χ3n) is 2.98. The van der Waals surface area contributed by atoms with Crippen LogP contribution >= 0.6 is 23.7 Å². The van der Waals surface area contributed by atoms with Gasteiger partial charge in [0.1, 0.15) is 0 Å². The van der Waals surface area contributed by atoms with Crippen LogP contribution in [-0.4, -0.2) is 36.2 Å². The van der Waals surface area contributed by atoms with E-state index in [0.717, 1.165) is 24.3 Å². The fraction of sp³-hybridized carbons (Fsp3) is 0.583. The fourth-order valence-electron chi connectivity index (χ4n) is 2.00. The largest absolute Gasteiger partial charge is 0.387 e. The van der Waals surface area contributed by atoms with E-state index in [1.165, 1.54) is 0 Å². The molecule has 0 saturated carbocycles. The van der Waals surface area contributed by atoms with Crippen LogP contribution in [0, 0.1) is 0 Å². The minimum Gasteiger partial charge on any atom is -0.387 e. The van der Waals surface area contributed by atoms with E-state index in [9.17, 15) is 9.90 Å². The van der Waals surface area contributed by atoms with Crippen LogP contribution in [0.15, 0.2) is 17.5 Å². The number of amides is 1. The third kappa shape index (κ3) is 4.57. The van der Waals surface area contributed by atoms with Crippen molar-refractivity contribution in [1.29, 1.82) is 0 Å². The summed E-state index contributed by atoms with van der Waals surface area (Å²) in [5, 5.41) is 18.1. The van der Waals surface area contributed by atoms with E-state index < -0.39 is 5.60 Å². The van der Waals surface area contributed by atoms with Gasteiger partial charge in [-0.2, -0.15) is 0 Å². The molecule has 0 aromatic carbocycles. The second-order valence-electron chi connectivity index (χ2n) is 4.54. The SMILES string of the molecule is Cl.O=C(Cc1cccs1)NCC1(O)CCCNC1. The molecule has 1 fully saturated rings. The van der Waals surface area contributed by atoms with Crippen LogP contribution in [0.5, 0.6) is 0 Å². The smallest absolute Gasteiger partial charge is 0.225 e. The lowest BCUT2D eigenvalue weighted by Gasteiger charge is -2.32. The Hall–Kier alpha value is -0.620. The Morgan fingerprint density at radius 1 is 1.61 bits per heavy atom. The van der Waals surface area contributed by atoms with E-state index in [4.69, 9.17) is 0 Å². The van der Waals surface area contributed by atoms with E-state index >= 15 is 0 Å². The molecule has 18 heavy (non-hydrogen) atoms. The normalized spacial score (nSPS) is 23.2. The topological polar surface area (TPSA) is 61.4 Å². The van der Waals surface area contributed by atoms with E-state index in [-0.39, 0.29) is 18.3 Å². The molecule has 1 saturated heterocycles. The first-order valence-corrected chi connectivity index (χ1v) is 6.78. The molecule has 1 aliphatic rings. The molecule has 2 heterocycles. The summed E-state index contributed by atoms with van der Waals surface area (Å²) in [4.78, 5) is 12.7. The summed E-state index contributed by atoms with van der Waals surface area (Å²) in [6.07, 6.45) is 2.11. The maximum Gasteiger partial charge on any atom is 0.225 e. The Bertz CT molecular complexity index is 364. The lowest BCUT2D eigenvalue weighted by molar-refractivity contribution is -0.121. The van der Waals surface area contributed by atoms with Crippen molar-refractivity contribution in [2.75, 3.05) is 19.6 Å². The van der Waals surface area contributed by atoms with Gasteiger partial charge in [0.25, 0.3) is 0 Å². The van der Waals surface area contributed by atoms with E-state index in [2.05, 4.69) is 10.6 Å². The number of aliphatic hydroxyl groups is 1. The number of carbonyl (C=O) groups is 1. The number of rotatable bonds is 4. The van der Waals surface area contributed by atoms with Crippen LogP contribution in [0.2, 0.25) is 0 Å². The molecule has 6 heteroatoms. The van der Waals surface area contributed by atoms with Gasteiger partial charge in [0.2, 0.25) is 5.91 Å². The molecule has 4 nitrogen and oxygen atoms in total. The van der Waals surface area contributed by atoms with Gasteiger partial charge in [-0.05, 0) is 30.8 Å². The molecule has 102 valence electrons. The molecule has 1 atom stereocenters. The van der Waals surface area contributed by atoms with Gasteiger partial charge in [-0.1, -0.05) is 6.07 Å². The first-order chi connectivity index (χ1) is 8.18. The molecule has 1 unspecified atom stereocenters. The van der Waals surface area contributed by atoms with Crippen molar-refractivity contribution in [2.45, 2.75) is 24.9 Å². The third-order valence-corrected chi connectivity index (χ3v) is 3.86. The molecular formula is C12H19ClN2O2S. The molecule has 0 aliphatic carbocycles. The molecule has 1 aromatic heterocycles. The maximum absolute atomic E-state index is 11.7. The Morgan fingerprint density at radius 3 is 3.06 bits per heavy atom. The second-order valence-corrected chi connectivity index (χ2v) is 5.57. The second kappa shape index (κ2) is 7.09.